The van der Waals surface area contributed by atoms with E-state index in [1.54, 1.807) is 30.3 Å². The monoisotopic (exact) mass is 1270 g/mol. The van der Waals surface area contributed by atoms with E-state index in [9.17, 15) is 82.8 Å². The third kappa shape index (κ3) is 31.4. The maximum absolute atomic E-state index is 13.6. The molecular weight excluding hydrogens is 1190 g/mol. The highest BCUT2D eigenvalue weighted by Gasteiger charge is 2.34. The molecule has 11 amide bonds. The van der Waals surface area contributed by atoms with Crippen LogP contribution in [0.4, 0.5) is 0 Å². The fraction of sp³-hybridized carbons (Fsp3) is 0.571. The number of rotatable bonds is 43. The van der Waals surface area contributed by atoms with E-state index in [4.69, 9.17) is 34.4 Å². The van der Waals surface area contributed by atoms with Crippen molar-refractivity contribution in [2.75, 3.05) is 64.0 Å². The number of guanidine groups is 2. The van der Waals surface area contributed by atoms with Crippen LogP contribution < -0.4 is 92.9 Å². The lowest BCUT2D eigenvalue weighted by atomic mass is 10.0. The summed E-state index contributed by atoms with van der Waals surface area (Å²) in [7, 11) is 0. The molecular formula is C49H81N19O17S2. The van der Waals surface area contributed by atoms with E-state index in [1.165, 1.54) is 0 Å². The number of aliphatic hydroxyl groups is 2. The van der Waals surface area contributed by atoms with Crippen LogP contribution in [0.5, 0.6) is 0 Å². The normalized spacial score (nSPS) is 13.8. The minimum atomic E-state index is -1.87. The Morgan fingerprint density at radius 3 is 1.26 bits per heavy atom. The molecule has 0 saturated carbocycles. The van der Waals surface area contributed by atoms with Gasteiger partial charge in [-0.25, -0.2) is 4.79 Å². The number of amides is 11. The topological polar surface area (TPSA) is 616 Å². The van der Waals surface area contributed by atoms with E-state index in [-0.39, 0.29) is 75.8 Å². The smallest absolute Gasteiger partial charge is 0.326 e. The highest BCUT2D eigenvalue weighted by atomic mass is 32.1. The van der Waals surface area contributed by atoms with E-state index >= 15 is 0 Å². The molecule has 0 unspecified atom stereocenters. The molecule has 0 aromatic heterocycles. The summed E-state index contributed by atoms with van der Waals surface area (Å²) >= 11 is 8.08. The van der Waals surface area contributed by atoms with Crippen molar-refractivity contribution in [3.05, 3.63) is 35.9 Å². The predicted molar refractivity (Wildman–Crippen MR) is 317 cm³/mol. The van der Waals surface area contributed by atoms with Gasteiger partial charge in [-0.05, 0) is 57.1 Å². The largest absolute Gasteiger partial charge is 0.481 e. The first kappa shape index (κ1) is 76.4. The zero-order valence-electron chi connectivity index (χ0n) is 47.4. The number of aliphatic carboxylic acids is 2. The summed E-state index contributed by atoms with van der Waals surface area (Å²) in [4.78, 5) is 177. The van der Waals surface area contributed by atoms with Crippen LogP contribution in [0.2, 0.25) is 0 Å². The molecule has 0 aliphatic rings. The van der Waals surface area contributed by atoms with E-state index in [2.05, 4.69) is 93.7 Å². The van der Waals surface area contributed by atoms with Gasteiger partial charge in [0.05, 0.1) is 39.3 Å². The van der Waals surface area contributed by atoms with Crippen LogP contribution >= 0.6 is 25.3 Å². The predicted octanol–water partition coefficient (Wildman–Crippen LogP) is -10.6. The van der Waals surface area contributed by atoms with Crippen molar-refractivity contribution in [3.63, 3.8) is 0 Å². The highest BCUT2D eigenvalue weighted by Crippen LogP contribution is 2.08. The number of carbonyl (C=O) groups is 13. The first-order valence-electron chi connectivity index (χ1n) is 26.9. The zero-order chi connectivity index (χ0) is 65.6. The SMILES string of the molecule is NCCCC[C@H](NC(=O)[C@H](CCCN=C(N)N)NC(=O)CNC(=O)[C@H](CCCN=C(N)N)NC(=O)[C@H](CO)NC(=O)[C@H](CO)NC(=O)[C@H](CS)NC(=O)CNC(=O)[C@H](Cc1ccccc1)NC(=O)[C@H](CC(=O)O)NC(=O)[C@H](CS)NC(=O)CN)C(=O)O. The molecule has 0 aliphatic carbocycles. The fourth-order valence-corrected chi connectivity index (χ4v) is 7.99. The van der Waals surface area contributed by atoms with Gasteiger partial charge < -0.3 is 113 Å². The Bertz CT molecular complexity index is 2550. The number of nitrogens with two attached hydrogens (primary N) is 6. The van der Waals surface area contributed by atoms with E-state index in [1.807, 2.05) is 0 Å². The molecule has 0 spiro atoms. The molecule has 486 valence electrons. The molecule has 9 atom stereocenters. The van der Waals surface area contributed by atoms with Gasteiger partial charge in [0, 0.05) is 31.0 Å². The van der Waals surface area contributed by atoms with Crippen LogP contribution in [0.25, 0.3) is 0 Å². The van der Waals surface area contributed by atoms with Crippen molar-refractivity contribution in [1.82, 2.24) is 58.5 Å². The van der Waals surface area contributed by atoms with Crippen molar-refractivity contribution in [1.29, 1.82) is 0 Å². The molecule has 38 heteroatoms. The van der Waals surface area contributed by atoms with Crippen LogP contribution in [-0.2, 0) is 68.7 Å². The Kier molecular flexibility index (Phi) is 37.1. The maximum Gasteiger partial charge on any atom is 0.326 e. The second-order valence-electron chi connectivity index (χ2n) is 18.9. The Balaban J connectivity index is 3.17. The second-order valence-corrected chi connectivity index (χ2v) is 19.6. The Labute approximate surface area is 510 Å². The van der Waals surface area contributed by atoms with E-state index < -0.39 is 176 Å². The second kappa shape index (κ2) is 42.3. The van der Waals surface area contributed by atoms with Gasteiger partial charge in [0.25, 0.3) is 0 Å². The lowest BCUT2D eigenvalue weighted by molar-refractivity contribution is -0.142. The van der Waals surface area contributed by atoms with E-state index in [0.717, 1.165) is 0 Å². The minimum absolute atomic E-state index is 0.0328. The Morgan fingerprint density at radius 2 is 0.828 bits per heavy atom. The number of aliphatic hydroxyl groups excluding tert-OH is 2. The van der Waals surface area contributed by atoms with Crippen molar-refractivity contribution >= 4 is 114 Å². The van der Waals surface area contributed by atoms with Gasteiger partial charge in [0.2, 0.25) is 65.0 Å². The molecule has 87 heavy (non-hydrogen) atoms. The molecule has 36 nitrogen and oxygen atoms in total. The number of hydrogen-bond acceptors (Lipinski definition) is 21. The highest BCUT2D eigenvalue weighted by molar-refractivity contribution is 7.80. The summed E-state index contributed by atoms with van der Waals surface area (Å²) in [5.41, 5.74) is 32.8. The first-order valence-corrected chi connectivity index (χ1v) is 28.2. The third-order valence-corrected chi connectivity index (χ3v) is 12.7. The molecule has 0 saturated heterocycles. The Morgan fingerprint density at radius 1 is 0.448 bits per heavy atom. The van der Waals surface area contributed by atoms with Crippen LogP contribution in [-0.4, -0.2) is 228 Å². The van der Waals surface area contributed by atoms with Gasteiger partial charge in [0.1, 0.15) is 54.4 Å². The molecule has 0 radical (unpaired) electrons. The first-order chi connectivity index (χ1) is 41.2. The summed E-state index contributed by atoms with van der Waals surface area (Å²) in [6.07, 6.45) is -0.438. The molecule has 1 rings (SSSR count). The van der Waals surface area contributed by atoms with Crippen LogP contribution in [0, 0.1) is 0 Å². The molecule has 0 aliphatic heterocycles. The number of nitrogens with one attached hydrogen (secondary N) is 11. The number of carboxylic acids is 2. The van der Waals surface area contributed by atoms with Crippen molar-refractivity contribution < 1.29 is 82.8 Å². The number of aliphatic imine (C=N–C) groups is 2. The molecule has 0 fully saturated rings. The lowest BCUT2D eigenvalue weighted by Gasteiger charge is -2.25. The third-order valence-electron chi connectivity index (χ3n) is 12.0. The lowest BCUT2D eigenvalue weighted by Crippen LogP contribution is -2.60. The minimum Gasteiger partial charge on any atom is -0.481 e. The van der Waals surface area contributed by atoms with Gasteiger partial charge in [0.15, 0.2) is 11.9 Å². The number of nitrogens with zero attached hydrogens (tertiary/aromatic N) is 2. The number of benzene rings is 1. The molecule has 0 bridgehead atoms. The van der Waals surface area contributed by atoms with Gasteiger partial charge in [-0.3, -0.25) is 67.5 Å². The van der Waals surface area contributed by atoms with E-state index in [0.29, 0.717) is 18.4 Å². The van der Waals surface area contributed by atoms with Gasteiger partial charge in [-0.15, -0.1) is 0 Å². The number of carbonyl (C=O) groups excluding carboxylic acids is 11. The van der Waals surface area contributed by atoms with Crippen molar-refractivity contribution in [2.24, 2.45) is 44.4 Å². The standard InChI is InChI=1S/C49H81N19O17S2/c50-13-5-4-10-28(47(84)85)64-41(78)27(12-7-15-57-49(54)55)60-36(72)19-58-39(76)26(11-6-14-56-48(52)53)63-43(80)31(21-69)67-44(81)32(22-70)68-46(83)34(24-87)62-37(73)20-59-40(77)29(16-25-8-2-1-3-9-25)65-42(79)30(17-38(74)75)66-45(82)33(23-86)61-35(71)18-51/h1-3,8-9,26-34,69-70,86-87H,4-7,10-24,50-51H2,(H,58,76)(H,59,77)(H,60,72)(H,61,71)(H,62,73)(H,63,80)(H,64,78)(H,65,79)(H,66,82)(H,67,81)(H,68,83)(H,74,75)(H,84,85)(H4,52,53,56)(H4,54,55,57)/t26-,27-,28-,29-,30-,31-,32-,33-,34-/m0/s1. The average molecular weight is 1270 g/mol. The summed E-state index contributed by atoms with van der Waals surface area (Å²) in [5.74, 6) is -15.4. The van der Waals surface area contributed by atoms with Crippen molar-refractivity contribution in [3.8, 4) is 0 Å². The number of unbranched alkanes of at least 4 members (excludes halogenated alkanes) is 1. The maximum atomic E-state index is 13.6. The molecule has 1 aromatic rings. The number of thiol groups is 2. The zero-order valence-corrected chi connectivity index (χ0v) is 49.2. The van der Waals surface area contributed by atoms with Crippen LogP contribution in [0.1, 0.15) is 56.9 Å². The van der Waals surface area contributed by atoms with Crippen LogP contribution in [0.15, 0.2) is 40.3 Å². The molecule has 0 heterocycles. The molecule has 27 N–H and O–H groups in total. The van der Waals surface area contributed by atoms with Gasteiger partial charge in [-0.2, -0.15) is 25.3 Å². The summed E-state index contributed by atoms with van der Waals surface area (Å²) in [6.45, 7) is -4.14. The summed E-state index contributed by atoms with van der Waals surface area (Å²) < 4.78 is 0. The van der Waals surface area contributed by atoms with Crippen molar-refractivity contribution in [2.45, 2.75) is 112 Å². The van der Waals surface area contributed by atoms with Gasteiger partial charge >= 0.3 is 11.9 Å². The van der Waals surface area contributed by atoms with Crippen LogP contribution in [0.3, 0.4) is 0 Å². The number of hydrogen-bond donors (Lipinski definition) is 23. The fourth-order valence-electron chi connectivity index (χ4n) is 7.47. The molecule has 1 aromatic carbocycles. The summed E-state index contributed by atoms with van der Waals surface area (Å²) in [6, 6.07) is -6.07. The van der Waals surface area contributed by atoms with Gasteiger partial charge in [-0.1, -0.05) is 30.3 Å². The number of carboxylic acid groups (broad SMARTS) is 2. The Hall–Kier alpha value is -8.59. The average Bonchev–Trinajstić information content (AvgIpc) is 3.33. The summed E-state index contributed by atoms with van der Waals surface area (Å²) in [5, 5.41) is 64.6. The quantitative estimate of drug-likeness (QED) is 0.0125.